The van der Waals surface area contributed by atoms with E-state index in [1.54, 1.807) is 6.92 Å². The summed E-state index contributed by atoms with van der Waals surface area (Å²) in [6.45, 7) is 7.94. The molecule has 5 nitrogen and oxygen atoms in total. The predicted octanol–water partition coefficient (Wildman–Crippen LogP) is 4.56. The normalized spacial score (nSPS) is 16.3. The van der Waals surface area contributed by atoms with Gasteiger partial charge in [-0.15, -0.1) is 11.3 Å². The van der Waals surface area contributed by atoms with Crippen LogP contribution in [0.1, 0.15) is 27.9 Å². The fraction of sp³-hybridized carbons (Fsp3) is 0.391. The van der Waals surface area contributed by atoms with E-state index in [1.807, 2.05) is 18.2 Å². The highest BCUT2D eigenvalue weighted by atomic mass is 32.1. The number of aromatic nitrogens is 1. The lowest BCUT2D eigenvalue weighted by molar-refractivity contribution is -0.140. The van der Waals surface area contributed by atoms with Crippen LogP contribution in [0, 0.1) is 6.92 Å². The standard InChI is InChI=1S/C23H25F3N4OS/c1-15(29-10-12-30(13-11-29)17-6-4-3-5-7-17)14-27-21(31)20-16(2)18-8-9-19(23(24,25)26)28-22(18)32-20/h3-9,15H,10-14H2,1-2H3,(H,27,31). The van der Waals surface area contributed by atoms with Crippen LogP contribution in [-0.2, 0) is 6.18 Å². The molecule has 1 aliphatic heterocycles. The van der Waals surface area contributed by atoms with Crippen LogP contribution in [0.2, 0.25) is 0 Å². The van der Waals surface area contributed by atoms with Crippen molar-refractivity contribution >= 4 is 33.1 Å². The minimum absolute atomic E-state index is 0.154. The number of nitrogens with zero attached hydrogens (tertiary/aromatic N) is 3. The van der Waals surface area contributed by atoms with Gasteiger partial charge < -0.3 is 10.2 Å². The molecule has 3 heterocycles. The minimum atomic E-state index is -4.51. The van der Waals surface area contributed by atoms with Crippen LogP contribution in [0.25, 0.3) is 10.2 Å². The molecule has 1 fully saturated rings. The zero-order valence-electron chi connectivity index (χ0n) is 17.9. The predicted molar refractivity (Wildman–Crippen MR) is 121 cm³/mol. The molecule has 9 heteroatoms. The zero-order chi connectivity index (χ0) is 22.9. The van der Waals surface area contributed by atoms with Crippen molar-refractivity contribution < 1.29 is 18.0 Å². The number of para-hydroxylation sites is 1. The Labute approximate surface area is 188 Å². The largest absolute Gasteiger partial charge is 0.433 e. The number of fused-ring (bicyclic) bond motifs is 1. The molecule has 0 spiro atoms. The quantitative estimate of drug-likeness (QED) is 0.604. The maximum Gasteiger partial charge on any atom is 0.433 e. The Balaban J connectivity index is 1.35. The maximum absolute atomic E-state index is 12.9. The fourth-order valence-electron chi connectivity index (χ4n) is 3.98. The number of thiophene rings is 1. The van der Waals surface area contributed by atoms with E-state index in [0.29, 0.717) is 22.4 Å². The average molecular weight is 463 g/mol. The average Bonchev–Trinajstić information content (AvgIpc) is 3.13. The molecule has 1 unspecified atom stereocenters. The van der Waals surface area contributed by atoms with Gasteiger partial charge in [0.25, 0.3) is 5.91 Å². The SMILES string of the molecule is Cc1c(C(=O)NCC(C)N2CCN(c3ccccc3)CC2)sc2nc(C(F)(F)F)ccc12. The van der Waals surface area contributed by atoms with Crippen molar-refractivity contribution in [2.24, 2.45) is 0 Å². The molecule has 3 aromatic rings. The maximum atomic E-state index is 12.9. The minimum Gasteiger partial charge on any atom is -0.369 e. The van der Waals surface area contributed by atoms with Crippen molar-refractivity contribution in [1.82, 2.24) is 15.2 Å². The summed E-state index contributed by atoms with van der Waals surface area (Å²) in [6.07, 6.45) is -4.51. The van der Waals surface area contributed by atoms with E-state index < -0.39 is 11.9 Å². The monoisotopic (exact) mass is 462 g/mol. The molecule has 0 radical (unpaired) electrons. The number of benzene rings is 1. The van der Waals surface area contributed by atoms with Gasteiger partial charge in [-0.05, 0) is 43.7 Å². The van der Waals surface area contributed by atoms with Crippen LogP contribution in [0.15, 0.2) is 42.5 Å². The molecule has 2 aromatic heterocycles. The molecule has 0 bridgehead atoms. The Morgan fingerprint density at radius 1 is 1.12 bits per heavy atom. The van der Waals surface area contributed by atoms with Crippen LogP contribution < -0.4 is 10.2 Å². The van der Waals surface area contributed by atoms with E-state index in [4.69, 9.17) is 0 Å². The van der Waals surface area contributed by atoms with Gasteiger partial charge in [0.05, 0.1) is 4.88 Å². The molecule has 4 rings (SSSR count). The van der Waals surface area contributed by atoms with Crippen LogP contribution in [0.5, 0.6) is 0 Å². The van der Waals surface area contributed by atoms with Crippen molar-refractivity contribution in [3.05, 3.63) is 58.6 Å². The van der Waals surface area contributed by atoms with Crippen molar-refractivity contribution in [1.29, 1.82) is 0 Å². The number of rotatable bonds is 5. The summed E-state index contributed by atoms with van der Waals surface area (Å²) < 4.78 is 38.8. The van der Waals surface area contributed by atoms with Gasteiger partial charge in [0.1, 0.15) is 10.5 Å². The number of hydrogen-bond acceptors (Lipinski definition) is 5. The second kappa shape index (κ2) is 9.07. The lowest BCUT2D eigenvalue weighted by Gasteiger charge is -2.39. The molecule has 0 aliphatic carbocycles. The number of anilines is 1. The van der Waals surface area contributed by atoms with E-state index in [-0.39, 0.29) is 16.8 Å². The smallest absolute Gasteiger partial charge is 0.369 e. The molecule has 1 aliphatic rings. The Hall–Kier alpha value is -2.65. The fourth-order valence-corrected chi connectivity index (χ4v) is 5.08. The second-order valence-corrected chi connectivity index (χ2v) is 9.02. The van der Waals surface area contributed by atoms with Gasteiger partial charge in [-0.1, -0.05) is 18.2 Å². The van der Waals surface area contributed by atoms with Crippen molar-refractivity contribution in [3.8, 4) is 0 Å². The number of amides is 1. The highest BCUT2D eigenvalue weighted by Gasteiger charge is 2.33. The van der Waals surface area contributed by atoms with Crippen LogP contribution in [0.3, 0.4) is 0 Å². The number of nitrogens with one attached hydrogen (secondary N) is 1. The lowest BCUT2D eigenvalue weighted by Crippen LogP contribution is -2.52. The molecule has 170 valence electrons. The molecule has 1 N–H and O–H groups in total. The van der Waals surface area contributed by atoms with E-state index >= 15 is 0 Å². The van der Waals surface area contributed by atoms with Crippen LogP contribution in [-0.4, -0.2) is 54.6 Å². The Morgan fingerprint density at radius 3 is 2.47 bits per heavy atom. The third-order valence-corrected chi connectivity index (χ3v) is 7.12. The van der Waals surface area contributed by atoms with Gasteiger partial charge in [-0.2, -0.15) is 13.2 Å². The highest BCUT2D eigenvalue weighted by molar-refractivity contribution is 7.20. The summed E-state index contributed by atoms with van der Waals surface area (Å²) in [7, 11) is 0. The van der Waals surface area contributed by atoms with Crippen LogP contribution in [0.4, 0.5) is 18.9 Å². The topological polar surface area (TPSA) is 48.5 Å². The van der Waals surface area contributed by atoms with E-state index in [2.05, 4.69) is 39.2 Å². The van der Waals surface area contributed by atoms with Gasteiger partial charge in [0.2, 0.25) is 0 Å². The third-order valence-electron chi connectivity index (χ3n) is 5.92. The molecule has 0 saturated carbocycles. The molecule has 1 aromatic carbocycles. The third kappa shape index (κ3) is 4.73. The Bertz CT molecular complexity index is 1090. The van der Waals surface area contributed by atoms with Gasteiger partial charge in [0.15, 0.2) is 0 Å². The first kappa shape index (κ1) is 22.5. The number of aryl methyl sites for hydroxylation is 1. The summed E-state index contributed by atoms with van der Waals surface area (Å²) >= 11 is 1.00. The van der Waals surface area contributed by atoms with Crippen LogP contribution >= 0.6 is 11.3 Å². The number of hydrogen-bond donors (Lipinski definition) is 1. The number of carbonyl (C=O) groups excluding carboxylic acids is 1. The van der Waals surface area contributed by atoms with E-state index in [0.717, 1.165) is 43.6 Å². The first-order chi connectivity index (χ1) is 15.2. The number of alkyl halides is 3. The zero-order valence-corrected chi connectivity index (χ0v) is 18.8. The van der Waals surface area contributed by atoms with Gasteiger partial charge in [-0.25, -0.2) is 4.98 Å². The van der Waals surface area contributed by atoms with E-state index in [9.17, 15) is 18.0 Å². The first-order valence-electron chi connectivity index (χ1n) is 10.5. The van der Waals surface area contributed by atoms with E-state index in [1.165, 1.54) is 11.8 Å². The lowest BCUT2D eigenvalue weighted by atomic mass is 10.1. The summed E-state index contributed by atoms with van der Waals surface area (Å²) in [6, 6.07) is 12.8. The highest BCUT2D eigenvalue weighted by Crippen LogP contribution is 2.34. The first-order valence-corrected chi connectivity index (χ1v) is 11.4. The summed E-state index contributed by atoms with van der Waals surface area (Å²) in [4.78, 5) is 21.8. The molecule has 1 saturated heterocycles. The summed E-state index contributed by atoms with van der Waals surface area (Å²) in [5.41, 5.74) is 0.935. The molecule has 32 heavy (non-hydrogen) atoms. The Morgan fingerprint density at radius 2 is 1.81 bits per heavy atom. The molecule has 1 amide bonds. The number of carbonyl (C=O) groups is 1. The molecular weight excluding hydrogens is 437 g/mol. The summed E-state index contributed by atoms with van der Waals surface area (Å²) in [5, 5.41) is 3.53. The van der Waals surface area contributed by atoms with Crippen molar-refractivity contribution in [3.63, 3.8) is 0 Å². The van der Waals surface area contributed by atoms with Gasteiger partial charge in [-0.3, -0.25) is 9.69 Å². The molecular formula is C23H25F3N4OS. The number of piperazine rings is 1. The molecule has 1 atom stereocenters. The number of halogens is 3. The van der Waals surface area contributed by atoms with Crippen molar-refractivity contribution in [2.45, 2.75) is 26.1 Å². The summed E-state index contributed by atoms with van der Waals surface area (Å²) in [5.74, 6) is -0.270. The van der Waals surface area contributed by atoms with Crippen molar-refractivity contribution in [2.75, 3.05) is 37.6 Å². The van der Waals surface area contributed by atoms with Gasteiger partial charge in [0, 0.05) is 49.8 Å². The number of pyridine rings is 1. The second-order valence-electron chi connectivity index (χ2n) is 8.02. The Kier molecular flexibility index (Phi) is 6.39. The van der Waals surface area contributed by atoms with Gasteiger partial charge >= 0.3 is 6.18 Å².